The first-order valence-corrected chi connectivity index (χ1v) is 6.45. The summed E-state index contributed by atoms with van der Waals surface area (Å²) >= 11 is 0. The lowest BCUT2D eigenvalue weighted by Crippen LogP contribution is -2.40. The summed E-state index contributed by atoms with van der Waals surface area (Å²) in [6.45, 7) is 2.71. The van der Waals surface area contributed by atoms with Crippen LogP contribution >= 0.6 is 0 Å². The Morgan fingerprint density at radius 1 is 1.39 bits per heavy atom. The lowest BCUT2D eigenvalue weighted by atomic mass is 9.94. The SMILES string of the molecule is Cc1cnc(N2CC3CCCC3C2C(=O)O)nc1. The topological polar surface area (TPSA) is 66.3 Å². The molecule has 1 aliphatic heterocycles. The smallest absolute Gasteiger partial charge is 0.326 e. The summed E-state index contributed by atoms with van der Waals surface area (Å²) in [5.41, 5.74) is 0.991. The van der Waals surface area contributed by atoms with Crippen LogP contribution in [-0.2, 0) is 4.79 Å². The molecule has 1 aromatic rings. The Balaban J connectivity index is 1.91. The van der Waals surface area contributed by atoms with Gasteiger partial charge in [-0.15, -0.1) is 0 Å². The van der Waals surface area contributed by atoms with Crippen LogP contribution < -0.4 is 4.90 Å². The number of nitrogens with zero attached hydrogens (tertiary/aromatic N) is 3. The summed E-state index contributed by atoms with van der Waals surface area (Å²) in [7, 11) is 0. The van der Waals surface area contributed by atoms with Gasteiger partial charge in [0.15, 0.2) is 0 Å². The van der Waals surface area contributed by atoms with Gasteiger partial charge in [0.1, 0.15) is 6.04 Å². The number of fused-ring (bicyclic) bond motifs is 1. The highest BCUT2D eigenvalue weighted by atomic mass is 16.4. The van der Waals surface area contributed by atoms with E-state index in [1.54, 1.807) is 12.4 Å². The Labute approximate surface area is 106 Å². The standard InChI is InChI=1S/C13H17N3O2/c1-8-5-14-13(15-6-8)16-7-9-3-2-4-10(9)11(16)12(17)18/h5-6,9-11H,2-4,7H2,1H3,(H,17,18). The predicted molar refractivity (Wildman–Crippen MR) is 66.4 cm³/mol. The average Bonchev–Trinajstić information content (AvgIpc) is 2.88. The molecule has 2 heterocycles. The van der Waals surface area contributed by atoms with Crippen molar-refractivity contribution >= 4 is 11.9 Å². The van der Waals surface area contributed by atoms with Crippen molar-refractivity contribution in [2.24, 2.45) is 11.8 Å². The van der Waals surface area contributed by atoms with Gasteiger partial charge in [-0.1, -0.05) is 6.42 Å². The van der Waals surface area contributed by atoms with Crippen LogP contribution in [-0.4, -0.2) is 33.6 Å². The van der Waals surface area contributed by atoms with E-state index in [0.29, 0.717) is 11.9 Å². The van der Waals surface area contributed by atoms with E-state index in [4.69, 9.17) is 0 Å². The van der Waals surface area contributed by atoms with Gasteiger partial charge in [-0.3, -0.25) is 0 Å². The lowest BCUT2D eigenvalue weighted by Gasteiger charge is -2.24. The molecule has 18 heavy (non-hydrogen) atoms. The molecule has 1 saturated heterocycles. The van der Waals surface area contributed by atoms with Crippen LogP contribution in [0.5, 0.6) is 0 Å². The summed E-state index contributed by atoms with van der Waals surface area (Å²) in [5.74, 6) is 0.583. The van der Waals surface area contributed by atoms with Gasteiger partial charge < -0.3 is 10.0 Å². The predicted octanol–water partition coefficient (Wildman–Crippen LogP) is 1.47. The first kappa shape index (κ1) is 11.4. The molecule has 0 radical (unpaired) electrons. The molecule has 0 amide bonds. The molecule has 0 aromatic carbocycles. The van der Waals surface area contributed by atoms with Crippen molar-refractivity contribution in [1.29, 1.82) is 0 Å². The van der Waals surface area contributed by atoms with Crippen molar-refractivity contribution in [3.63, 3.8) is 0 Å². The van der Waals surface area contributed by atoms with Crippen molar-refractivity contribution in [3.8, 4) is 0 Å². The van der Waals surface area contributed by atoms with Crippen LogP contribution in [0, 0.1) is 18.8 Å². The number of rotatable bonds is 2. The monoisotopic (exact) mass is 247 g/mol. The van der Waals surface area contributed by atoms with E-state index in [9.17, 15) is 9.90 Å². The van der Waals surface area contributed by atoms with E-state index in [-0.39, 0.29) is 5.92 Å². The summed E-state index contributed by atoms with van der Waals surface area (Å²) in [4.78, 5) is 21.9. The highest BCUT2D eigenvalue weighted by Gasteiger charge is 2.48. The fourth-order valence-corrected chi connectivity index (χ4v) is 3.36. The first-order valence-electron chi connectivity index (χ1n) is 6.45. The third kappa shape index (κ3) is 1.74. The maximum atomic E-state index is 11.5. The lowest BCUT2D eigenvalue weighted by molar-refractivity contribution is -0.139. The fraction of sp³-hybridized carbons (Fsp3) is 0.615. The van der Waals surface area contributed by atoms with Crippen LogP contribution in [0.2, 0.25) is 0 Å². The molecule has 3 rings (SSSR count). The molecule has 1 saturated carbocycles. The van der Waals surface area contributed by atoms with Crippen LogP contribution in [0.1, 0.15) is 24.8 Å². The zero-order chi connectivity index (χ0) is 12.7. The zero-order valence-electron chi connectivity index (χ0n) is 10.4. The number of aliphatic carboxylic acids is 1. The Morgan fingerprint density at radius 3 is 2.78 bits per heavy atom. The molecule has 1 aromatic heterocycles. The minimum atomic E-state index is -0.742. The van der Waals surface area contributed by atoms with Crippen LogP contribution in [0.4, 0.5) is 5.95 Å². The number of hydrogen-bond acceptors (Lipinski definition) is 4. The molecule has 1 aliphatic carbocycles. The molecule has 3 unspecified atom stereocenters. The van der Waals surface area contributed by atoms with E-state index in [1.165, 1.54) is 0 Å². The van der Waals surface area contributed by atoms with Crippen molar-refractivity contribution in [3.05, 3.63) is 18.0 Å². The van der Waals surface area contributed by atoms with Gasteiger partial charge in [-0.2, -0.15) is 0 Å². The van der Waals surface area contributed by atoms with Crippen molar-refractivity contribution < 1.29 is 9.90 Å². The van der Waals surface area contributed by atoms with E-state index in [0.717, 1.165) is 31.4 Å². The van der Waals surface area contributed by atoms with Gasteiger partial charge in [0.05, 0.1) is 0 Å². The second-order valence-corrected chi connectivity index (χ2v) is 5.35. The maximum Gasteiger partial charge on any atom is 0.326 e. The second kappa shape index (κ2) is 4.23. The van der Waals surface area contributed by atoms with E-state index >= 15 is 0 Å². The van der Waals surface area contributed by atoms with Gasteiger partial charge >= 0.3 is 5.97 Å². The zero-order valence-corrected chi connectivity index (χ0v) is 10.4. The van der Waals surface area contributed by atoms with Crippen LogP contribution in [0.15, 0.2) is 12.4 Å². The molecule has 5 nitrogen and oxygen atoms in total. The van der Waals surface area contributed by atoms with E-state index in [2.05, 4.69) is 9.97 Å². The molecule has 96 valence electrons. The molecular formula is C13H17N3O2. The number of carbonyl (C=O) groups is 1. The molecule has 0 bridgehead atoms. The van der Waals surface area contributed by atoms with Crippen molar-refractivity contribution in [2.75, 3.05) is 11.4 Å². The van der Waals surface area contributed by atoms with E-state index < -0.39 is 12.0 Å². The molecule has 2 fully saturated rings. The molecule has 2 aliphatic rings. The summed E-state index contributed by atoms with van der Waals surface area (Å²) in [5, 5.41) is 9.45. The van der Waals surface area contributed by atoms with Gasteiger partial charge in [-0.05, 0) is 37.2 Å². The Morgan fingerprint density at radius 2 is 2.11 bits per heavy atom. The van der Waals surface area contributed by atoms with Crippen molar-refractivity contribution in [1.82, 2.24) is 9.97 Å². The molecule has 3 atom stereocenters. The molecule has 1 N–H and O–H groups in total. The molecule has 0 spiro atoms. The number of carboxylic acids is 1. The number of aryl methyl sites for hydroxylation is 1. The number of hydrogen-bond donors (Lipinski definition) is 1. The third-order valence-corrected chi connectivity index (χ3v) is 4.17. The van der Waals surface area contributed by atoms with Crippen molar-refractivity contribution in [2.45, 2.75) is 32.2 Å². The largest absolute Gasteiger partial charge is 0.480 e. The van der Waals surface area contributed by atoms with Gasteiger partial charge in [-0.25, -0.2) is 14.8 Å². The van der Waals surface area contributed by atoms with Crippen LogP contribution in [0.3, 0.4) is 0 Å². The highest BCUT2D eigenvalue weighted by molar-refractivity contribution is 5.78. The van der Waals surface area contributed by atoms with E-state index in [1.807, 2.05) is 11.8 Å². The second-order valence-electron chi connectivity index (χ2n) is 5.35. The average molecular weight is 247 g/mol. The summed E-state index contributed by atoms with van der Waals surface area (Å²) < 4.78 is 0. The maximum absolute atomic E-state index is 11.5. The molecule has 5 heteroatoms. The van der Waals surface area contributed by atoms with Gasteiger partial charge in [0.25, 0.3) is 0 Å². The molecular weight excluding hydrogens is 230 g/mol. The fourth-order valence-electron chi connectivity index (χ4n) is 3.36. The first-order chi connectivity index (χ1) is 8.66. The highest BCUT2D eigenvalue weighted by Crippen LogP contribution is 2.43. The normalized spacial score (nSPS) is 30.5. The summed E-state index contributed by atoms with van der Waals surface area (Å²) in [6.07, 6.45) is 6.80. The number of carboxylic acid groups (broad SMARTS) is 1. The Kier molecular flexibility index (Phi) is 2.69. The van der Waals surface area contributed by atoms with Gasteiger partial charge in [0, 0.05) is 18.9 Å². The number of aromatic nitrogens is 2. The minimum absolute atomic E-state index is 0.271. The minimum Gasteiger partial charge on any atom is -0.480 e. The Hall–Kier alpha value is -1.65. The quantitative estimate of drug-likeness (QED) is 0.857. The Bertz CT molecular complexity index is 460. The third-order valence-electron chi connectivity index (χ3n) is 4.17. The van der Waals surface area contributed by atoms with Gasteiger partial charge in [0.2, 0.25) is 5.95 Å². The van der Waals surface area contributed by atoms with Crippen LogP contribution in [0.25, 0.3) is 0 Å². The number of anilines is 1. The summed E-state index contributed by atoms with van der Waals surface area (Å²) in [6, 6.07) is -0.444.